The van der Waals surface area contributed by atoms with E-state index in [0.29, 0.717) is 23.0 Å². The molecule has 2 atom stereocenters. The van der Waals surface area contributed by atoms with Crippen LogP contribution in [0.3, 0.4) is 0 Å². The molecule has 152 valence electrons. The first-order valence-corrected chi connectivity index (χ1v) is 10.2. The van der Waals surface area contributed by atoms with E-state index in [1.165, 1.54) is 0 Å². The fourth-order valence-electron chi connectivity index (χ4n) is 3.35. The van der Waals surface area contributed by atoms with Crippen LogP contribution < -0.4 is 16.0 Å². The lowest BCUT2D eigenvalue weighted by molar-refractivity contribution is -0.120. The Hall–Kier alpha value is -2.79. The van der Waals surface area contributed by atoms with Crippen molar-refractivity contribution in [1.29, 1.82) is 0 Å². The molecule has 2 aromatic carbocycles. The first-order chi connectivity index (χ1) is 14.0. The second-order valence-electron chi connectivity index (χ2n) is 7.26. The molecule has 3 rings (SSSR count). The molecule has 0 fully saturated rings. The van der Waals surface area contributed by atoms with Gasteiger partial charge in [-0.2, -0.15) is 0 Å². The van der Waals surface area contributed by atoms with Crippen molar-refractivity contribution in [3.63, 3.8) is 0 Å². The largest absolute Gasteiger partial charge is 0.374 e. The van der Waals surface area contributed by atoms with Gasteiger partial charge in [0, 0.05) is 11.4 Å². The number of para-hydroxylation sites is 2. The summed E-state index contributed by atoms with van der Waals surface area (Å²) in [5, 5.41) is 9.69. The zero-order chi connectivity index (χ0) is 20.6. The number of hydrogen-bond donors (Lipinski definition) is 3. The number of halogens is 1. The molecule has 0 spiro atoms. The molecule has 1 aliphatic carbocycles. The van der Waals surface area contributed by atoms with Gasteiger partial charge in [0.15, 0.2) is 0 Å². The Bertz CT molecular complexity index is 880. The molecule has 0 saturated heterocycles. The quantitative estimate of drug-likeness (QED) is 0.539. The number of benzene rings is 2. The van der Waals surface area contributed by atoms with Gasteiger partial charge in [-0.15, -0.1) is 0 Å². The van der Waals surface area contributed by atoms with Crippen LogP contribution in [-0.2, 0) is 9.59 Å². The van der Waals surface area contributed by atoms with Crippen molar-refractivity contribution in [3.8, 4) is 0 Å². The van der Waals surface area contributed by atoms with Gasteiger partial charge in [0.2, 0.25) is 11.8 Å². The number of allylic oxidation sites excluding steroid dienone is 2. The fraction of sp³-hybridized carbons (Fsp3) is 0.304. The van der Waals surface area contributed by atoms with E-state index in [0.717, 1.165) is 24.1 Å². The van der Waals surface area contributed by atoms with Gasteiger partial charge in [0.25, 0.3) is 0 Å². The molecule has 2 aromatic rings. The molecule has 3 N–H and O–H groups in total. The number of carbonyl (C=O) groups is 2. The van der Waals surface area contributed by atoms with Crippen molar-refractivity contribution >= 4 is 34.8 Å². The molecule has 0 aromatic heterocycles. The Morgan fingerprint density at radius 2 is 1.79 bits per heavy atom. The zero-order valence-electron chi connectivity index (χ0n) is 16.5. The van der Waals surface area contributed by atoms with Crippen LogP contribution in [0.4, 0.5) is 11.4 Å². The van der Waals surface area contributed by atoms with Crippen molar-refractivity contribution in [2.45, 2.75) is 32.2 Å². The van der Waals surface area contributed by atoms with E-state index in [2.05, 4.69) is 28.1 Å². The second kappa shape index (κ2) is 10.1. The molecular formula is C23H26ClN3O2. The molecule has 1 aliphatic rings. The maximum atomic E-state index is 12.3. The molecule has 0 saturated carbocycles. The molecule has 2 unspecified atom stereocenters. The summed E-state index contributed by atoms with van der Waals surface area (Å²) in [7, 11) is 0. The highest BCUT2D eigenvalue weighted by atomic mass is 35.5. The normalized spacial score (nSPS) is 16.3. The lowest BCUT2D eigenvalue weighted by Gasteiger charge is -2.17. The number of carbonyl (C=O) groups excluding carboxylic acids is 2. The average Bonchev–Trinajstić information content (AvgIpc) is 3.20. The van der Waals surface area contributed by atoms with Gasteiger partial charge in [-0.05, 0) is 55.5 Å². The molecule has 0 aliphatic heterocycles. The lowest BCUT2D eigenvalue weighted by atomic mass is 10.0. The van der Waals surface area contributed by atoms with Crippen LogP contribution in [0.1, 0.15) is 37.8 Å². The maximum absolute atomic E-state index is 12.3. The summed E-state index contributed by atoms with van der Waals surface area (Å²) in [5.74, 6) is 0.163. The van der Waals surface area contributed by atoms with E-state index < -0.39 is 0 Å². The highest BCUT2D eigenvalue weighted by molar-refractivity contribution is 6.30. The first kappa shape index (κ1) is 20.9. The van der Waals surface area contributed by atoms with Crippen LogP contribution in [0.15, 0.2) is 60.7 Å². The van der Waals surface area contributed by atoms with E-state index >= 15 is 0 Å². The van der Waals surface area contributed by atoms with Crippen LogP contribution in [-0.4, -0.2) is 18.4 Å². The summed E-state index contributed by atoms with van der Waals surface area (Å²) in [6, 6.07) is 14.7. The third-order valence-electron chi connectivity index (χ3n) is 4.95. The van der Waals surface area contributed by atoms with Gasteiger partial charge < -0.3 is 16.0 Å². The minimum absolute atomic E-state index is 0.0170. The van der Waals surface area contributed by atoms with E-state index in [4.69, 9.17) is 11.6 Å². The summed E-state index contributed by atoms with van der Waals surface area (Å²) >= 11 is 5.91. The smallest absolute Gasteiger partial charge is 0.239 e. The van der Waals surface area contributed by atoms with Gasteiger partial charge in [0.1, 0.15) is 0 Å². The number of anilines is 2. The standard InChI is InChI=1S/C23H26ClN3O2/c1-16(18-10-12-19(24)13-11-18)26-23(29)15-25-20-8-4-5-9-21(20)27-22(28)14-17-6-2-3-7-17/h2,4-6,8-13,16-17,25H,3,7,14-15H2,1H3,(H,26,29)(H,27,28). The van der Waals surface area contributed by atoms with Crippen molar-refractivity contribution in [2.24, 2.45) is 5.92 Å². The van der Waals surface area contributed by atoms with E-state index in [1.54, 1.807) is 12.1 Å². The Morgan fingerprint density at radius 3 is 2.48 bits per heavy atom. The van der Waals surface area contributed by atoms with Crippen LogP contribution >= 0.6 is 11.6 Å². The predicted octanol–water partition coefficient (Wildman–Crippen LogP) is 4.92. The van der Waals surface area contributed by atoms with Crippen LogP contribution in [0, 0.1) is 5.92 Å². The van der Waals surface area contributed by atoms with Crippen LogP contribution in [0.25, 0.3) is 0 Å². The summed E-state index contributed by atoms with van der Waals surface area (Å²) in [4.78, 5) is 24.7. The van der Waals surface area contributed by atoms with E-state index in [-0.39, 0.29) is 24.4 Å². The molecule has 0 radical (unpaired) electrons. The summed E-state index contributed by atoms with van der Waals surface area (Å²) in [6.45, 7) is 2.03. The van der Waals surface area contributed by atoms with E-state index in [1.807, 2.05) is 43.3 Å². The minimum Gasteiger partial charge on any atom is -0.374 e. The Kier molecular flexibility index (Phi) is 7.30. The molecule has 0 bridgehead atoms. The Balaban J connectivity index is 1.52. The number of nitrogens with one attached hydrogen (secondary N) is 3. The minimum atomic E-state index is -0.135. The van der Waals surface area contributed by atoms with Crippen molar-refractivity contribution < 1.29 is 9.59 Å². The van der Waals surface area contributed by atoms with E-state index in [9.17, 15) is 9.59 Å². The second-order valence-corrected chi connectivity index (χ2v) is 7.69. The van der Waals surface area contributed by atoms with Crippen molar-refractivity contribution in [1.82, 2.24) is 5.32 Å². The summed E-state index contributed by atoms with van der Waals surface area (Å²) in [6.07, 6.45) is 6.77. The van der Waals surface area contributed by atoms with Gasteiger partial charge in [-0.3, -0.25) is 9.59 Å². The van der Waals surface area contributed by atoms with Crippen LogP contribution in [0.2, 0.25) is 5.02 Å². The summed E-state index contributed by atoms with van der Waals surface area (Å²) < 4.78 is 0. The number of amides is 2. The monoisotopic (exact) mass is 411 g/mol. The molecule has 0 heterocycles. The summed E-state index contributed by atoms with van der Waals surface area (Å²) in [5.41, 5.74) is 2.38. The highest BCUT2D eigenvalue weighted by Crippen LogP contribution is 2.24. The molecule has 29 heavy (non-hydrogen) atoms. The lowest BCUT2D eigenvalue weighted by Crippen LogP contribution is -2.32. The number of hydrogen-bond acceptors (Lipinski definition) is 3. The molecule has 6 heteroatoms. The van der Waals surface area contributed by atoms with Gasteiger partial charge in [-0.25, -0.2) is 0 Å². The molecule has 2 amide bonds. The third-order valence-corrected chi connectivity index (χ3v) is 5.20. The molecule has 5 nitrogen and oxygen atoms in total. The van der Waals surface area contributed by atoms with Gasteiger partial charge >= 0.3 is 0 Å². The zero-order valence-corrected chi connectivity index (χ0v) is 17.2. The SMILES string of the molecule is CC(NC(=O)CNc1ccccc1NC(=O)CC1C=CCC1)c1ccc(Cl)cc1. The third kappa shape index (κ3) is 6.36. The van der Waals surface area contributed by atoms with Crippen molar-refractivity contribution in [3.05, 3.63) is 71.3 Å². The average molecular weight is 412 g/mol. The van der Waals surface area contributed by atoms with Crippen molar-refractivity contribution in [2.75, 3.05) is 17.2 Å². The Morgan fingerprint density at radius 1 is 1.07 bits per heavy atom. The number of rotatable bonds is 8. The van der Waals surface area contributed by atoms with Gasteiger partial charge in [0.05, 0.1) is 24.0 Å². The first-order valence-electron chi connectivity index (χ1n) is 9.85. The van der Waals surface area contributed by atoms with Crippen LogP contribution in [0.5, 0.6) is 0 Å². The fourth-order valence-corrected chi connectivity index (χ4v) is 3.48. The maximum Gasteiger partial charge on any atom is 0.239 e. The highest BCUT2D eigenvalue weighted by Gasteiger charge is 2.15. The van der Waals surface area contributed by atoms with Gasteiger partial charge in [-0.1, -0.05) is 48.0 Å². The Labute approximate surface area is 176 Å². The predicted molar refractivity (Wildman–Crippen MR) is 118 cm³/mol. The molecular weight excluding hydrogens is 386 g/mol. The topological polar surface area (TPSA) is 70.2 Å².